The van der Waals surface area contributed by atoms with Crippen molar-refractivity contribution in [3.63, 3.8) is 0 Å². The Morgan fingerprint density at radius 1 is 0.277 bits per heavy atom. The lowest BCUT2D eigenvalue weighted by molar-refractivity contribution is -0.661. The van der Waals surface area contributed by atoms with Crippen LogP contribution in [0.2, 0.25) is 0 Å². The van der Waals surface area contributed by atoms with Crippen LogP contribution >= 0.6 is 0 Å². The molecule has 0 amide bonds. The predicted molar refractivity (Wildman–Crippen MR) is 480 cm³/mol. The highest BCUT2D eigenvalue weighted by Gasteiger charge is 2.42. The van der Waals surface area contributed by atoms with Gasteiger partial charge in [0.2, 0.25) is 28.5 Å². The summed E-state index contributed by atoms with van der Waals surface area (Å²) in [5.41, 5.74) is 32.9. The van der Waals surface area contributed by atoms with Gasteiger partial charge in [-0.15, -0.1) is 0 Å². The lowest BCUT2D eigenvalue weighted by Gasteiger charge is -2.40. The summed E-state index contributed by atoms with van der Waals surface area (Å²) >= 11 is 0. The maximum absolute atomic E-state index is 9.05. The highest BCUT2D eigenvalue weighted by molar-refractivity contribution is 5.67. The summed E-state index contributed by atoms with van der Waals surface area (Å²) in [6.45, 7) is 57.8. The van der Waals surface area contributed by atoms with Gasteiger partial charge in [-0.2, -0.15) is 0 Å². The third-order valence-corrected chi connectivity index (χ3v) is 24.7. The molecule has 12 rings (SSSR count). The SMILES string of the molecule is Cc1ccc(-c2cc3c(c[n+]2C)C(C)(C)CCC3(C)C)c(C)c1.Cc1ccc(-c2ccc(C(C(C)C)C(C)C)c[n+]2C)c(C)c1.Cc1ccccc1-c1cc2c(c[n+]1C)C(C)(C)CCC2(C)C.[2H]C([2H])([2H])c1c[n+](C)c(-c2ccc(C([2H])(C(C)C)C(C)C)cc2C)cc1C.[2H]C([2H])([2H])c1ccc(-c2ccc(C([2H])(C(C)C)C(C)C)c[n+]2C)c(C)c1. The second-order valence-corrected chi connectivity index (χ2v) is 38.0. The summed E-state index contributed by atoms with van der Waals surface area (Å²) in [5.74, 6) is 1.48. The number of rotatable bonds is 14. The van der Waals surface area contributed by atoms with Crippen LogP contribution in [0.3, 0.4) is 0 Å². The van der Waals surface area contributed by atoms with Crippen molar-refractivity contribution in [2.75, 3.05) is 0 Å². The minimum absolute atomic E-state index is 0.202. The Hall–Kier alpha value is -8.15. The van der Waals surface area contributed by atoms with Crippen molar-refractivity contribution in [1.82, 2.24) is 0 Å². The zero-order valence-electron chi connectivity index (χ0n) is 83.8. The monoisotopic (exact) mass is 1510 g/mol. The van der Waals surface area contributed by atoms with Crippen molar-refractivity contribution in [2.24, 2.45) is 70.7 Å². The van der Waals surface area contributed by atoms with Gasteiger partial charge in [0.05, 0.1) is 0 Å². The van der Waals surface area contributed by atoms with E-state index in [2.05, 4.69) is 337 Å². The molecule has 5 aromatic heterocycles. The van der Waals surface area contributed by atoms with E-state index in [1.165, 1.54) is 115 Å². The standard InChI is InChI=1S/C22H30N.C22H32N.C21H28N.2C21H30N/c1-15-8-9-17(16(2)12-15)20-13-18-19(14-23(20)7)22(5,6)11-10-21(18,3)4;1-14(2)22(15(3)4)19-9-10-20(17(6)11-19)21-12-16(5)18(7)13-23(21)8;1-15-9-7-8-10-16(15)19-13-17-18(14-22(19)6)21(4,5)12-11-20(17,2)3;2*1-14(2)21(15(3)4)18-9-11-20(22(7)13-18)19-10-8-16(5)12-17(19)6/h8-9,12-14H,10-11H2,1-7H3;9-15,22H,1-8H3;7-10,13-14H,11-12H2,1-6H3;2*8-15,21H,1-7H3/q5*+1/i;7D3,22D;;5D3,21D;. The number of nitrogens with zero attached hydrogens (tertiary/aromatic N) is 5. The first-order valence-electron chi connectivity index (χ1n) is 45.9. The lowest BCUT2D eigenvalue weighted by atomic mass is 9.63. The van der Waals surface area contributed by atoms with Crippen LogP contribution in [0.1, 0.15) is 287 Å². The Bertz CT molecular complexity index is 5270. The van der Waals surface area contributed by atoms with Crippen LogP contribution in [0, 0.1) is 105 Å². The van der Waals surface area contributed by atoms with E-state index in [0.717, 1.165) is 50.3 Å². The fourth-order valence-corrected chi connectivity index (χ4v) is 18.4. The normalized spacial score (nSPS) is 16.0. The van der Waals surface area contributed by atoms with Crippen molar-refractivity contribution >= 4 is 0 Å². The highest BCUT2D eigenvalue weighted by atomic mass is 14.9. The van der Waals surface area contributed by atoms with E-state index in [4.69, 9.17) is 11.0 Å². The Balaban J connectivity index is 0.000000187. The van der Waals surface area contributed by atoms with Gasteiger partial charge in [-0.25, -0.2) is 22.8 Å². The molecule has 0 spiro atoms. The maximum Gasteiger partial charge on any atom is 0.212 e. The second-order valence-electron chi connectivity index (χ2n) is 38.0. The van der Waals surface area contributed by atoms with Gasteiger partial charge in [0, 0.05) is 96.9 Å². The number of fused-ring (bicyclic) bond motifs is 2. The van der Waals surface area contributed by atoms with Crippen LogP contribution in [-0.4, -0.2) is 0 Å². The minimum atomic E-state index is -2.11. The number of aromatic nitrogens is 5. The molecule has 10 aromatic rings. The van der Waals surface area contributed by atoms with Gasteiger partial charge in [-0.3, -0.25) is 0 Å². The predicted octanol–water partition coefficient (Wildman–Crippen LogP) is 25.9. The summed E-state index contributed by atoms with van der Waals surface area (Å²) in [7, 11) is 10.4. The average molecular weight is 1510 g/mol. The summed E-state index contributed by atoms with van der Waals surface area (Å²) in [5, 5.41) is 0. The van der Waals surface area contributed by atoms with Crippen LogP contribution in [0.25, 0.3) is 56.3 Å². The molecular weight excluding hydrogens is 1360 g/mol. The Kier molecular flexibility index (Phi) is 25.4. The van der Waals surface area contributed by atoms with Crippen molar-refractivity contribution in [1.29, 1.82) is 0 Å². The second kappa shape index (κ2) is 36.6. The summed E-state index contributed by atoms with van der Waals surface area (Å²) < 4.78 is 74.7. The molecule has 0 bridgehead atoms. The van der Waals surface area contributed by atoms with E-state index in [1.54, 1.807) is 18.3 Å². The molecule has 5 heterocycles. The number of hydrogen-bond donors (Lipinski definition) is 0. The lowest BCUT2D eigenvalue weighted by Crippen LogP contribution is -2.40. The Morgan fingerprint density at radius 2 is 0.607 bits per heavy atom. The van der Waals surface area contributed by atoms with Gasteiger partial charge in [0.15, 0.2) is 31.0 Å². The van der Waals surface area contributed by atoms with Crippen molar-refractivity contribution in [3.8, 4) is 56.3 Å². The van der Waals surface area contributed by atoms with Gasteiger partial charge in [0.25, 0.3) is 0 Å². The quantitative estimate of drug-likeness (QED) is 0.0967. The van der Waals surface area contributed by atoms with Crippen molar-refractivity contribution in [3.05, 3.63) is 265 Å². The molecule has 0 saturated carbocycles. The van der Waals surface area contributed by atoms with E-state index in [-0.39, 0.29) is 45.3 Å². The molecule has 112 heavy (non-hydrogen) atoms. The first-order valence-corrected chi connectivity index (χ1v) is 41.9. The number of hydrogen-bond acceptors (Lipinski definition) is 0. The van der Waals surface area contributed by atoms with E-state index in [0.29, 0.717) is 28.9 Å². The van der Waals surface area contributed by atoms with Crippen LogP contribution in [0.5, 0.6) is 0 Å². The molecule has 598 valence electrons. The number of aryl methyl sites for hydroxylation is 15. The molecule has 0 saturated heterocycles. The van der Waals surface area contributed by atoms with Gasteiger partial charge in [0.1, 0.15) is 35.2 Å². The van der Waals surface area contributed by atoms with E-state index in [1.807, 2.05) is 67.5 Å². The van der Waals surface area contributed by atoms with Crippen LogP contribution in [0.15, 0.2) is 171 Å². The fourth-order valence-electron chi connectivity index (χ4n) is 18.4. The molecule has 2 aliphatic rings. The van der Waals surface area contributed by atoms with Crippen LogP contribution in [-0.2, 0) is 56.9 Å². The fraction of sp³-hybridized carbons (Fsp3) is 0.486. The van der Waals surface area contributed by atoms with Gasteiger partial charge < -0.3 is 0 Å². The smallest absolute Gasteiger partial charge is 0.201 e. The highest BCUT2D eigenvalue weighted by Crippen LogP contribution is 2.48. The summed E-state index contributed by atoms with van der Waals surface area (Å²) in [6.07, 6.45) is 15.9. The average Bonchev–Trinajstić information content (AvgIpc) is 0.764. The molecule has 0 N–H and O–H groups in total. The zero-order valence-corrected chi connectivity index (χ0v) is 75.8. The molecule has 0 atom stereocenters. The van der Waals surface area contributed by atoms with Gasteiger partial charge in [-0.1, -0.05) is 222 Å². The number of benzene rings is 5. The van der Waals surface area contributed by atoms with Crippen LogP contribution < -0.4 is 22.8 Å². The Morgan fingerprint density at radius 3 is 1.00 bits per heavy atom. The van der Waals surface area contributed by atoms with Crippen molar-refractivity contribution < 1.29 is 33.8 Å². The summed E-state index contributed by atoms with van der Waals surface area (Å²) in [4.78, 5) is 0. The third kappa shape index (κ3) is 20.9. The molecular formula is C107H150N5+5. The molecule has 0 fully saturated rings. The first-order chi connectivity index (χ1) is 55.3. The molecule has 0 aliphatic heterocycles. The topological polar surface area (TPSA) is 19.4 Å². The third-order valence-electron chi connectivity index (χ3n) is 24.7. The molecule has 5 nitrogen and oxygen atoms in total. The zero-order chi connectivity index (χ0) is 90.1. The minimum Gasteiger partial charge on any atom is -0.201 e. The van der Waals surface area contributed by atoms with Crippen LogP contribution in [0.4, 0.5) is 0 Å². The molecule has 5 heteroatoms. The molecule has 5 aromatic carbocycles. The van der Waals surface area contributed by atoms with Gasteiger partial charge >= 0.3 is 0 Å². The van der Waals surface area contributed by atoms with E-state index in [9.17, 15) is 0 Å². The molecule has 0 radical (unpaired) electrons. The Labute approximate surface area is 694 Å². The molecule has 2 aliphatic carbocycles. The maximum atomic E-state index is 9.05. The largest absolute Gasteiger partial charge is 0.212 e. The first kappa shape index (κ1) is 77.8. The van der Waals surface area contributed by atoms with E-state index >= 15 is 0 Å². The summed E-state index contributed by atoms with van der Waals surface area (Å²) in [6, 6.07) is 49.2. The van der Waals surface area contributed by atoms with Crippen molar-refractivity contribution in [2.45, 2.75) is 273 Å². The number of pyridine rings is 5. The van der Waals surface area contributed by atoms with Gasteiger partial charge in [-0.05, 0) is 262 Å². The molecule has 0 unspecified atom stereocenters. The van der Waals surface area contributed by atoms with E-state index < -0.39 is 25.5 Å².